The van der Waals surface area contributed by atoms with Crippen LogP contribution < -0.4 is 0 Å². The lowest BCUT2D eigenvalue weighted by Gasteiger charge is -2.18. The Kier molecular flexibility index (Phi) is 7.98. The van der Waals surface area contributed by atoms with Crippen molar-refractivity contribution in [2.75, 3.05) is 6.61 Å². The molecule has 1 atom stereocenters. The second kappa shape index (κ2) is 9.41. The lowest BCUT2D eigenvalue weighted by Crippen LogP contribution is -2.23. The fraction of sp³-hybridized carbons (Fsp3) is 0.800. The molecular formula is C15H26O2. The Hall–Kier alpha value is -0.630. The highest BCUT2D eigenvalue weighted by Crippen LogP contribution is 2.12. The molecule has 1 fully saturated rings. The number of hydrogen-bond donors (Lipinski definition) is 0. The summed E-state index contributed by atoms with van der Waals surface area (Å²) in [7, 11) is 0. The monoisotopic (exact) mass is 238 g/mol. The van der Waals surface area contributed by atoms with Crippen molar-refractivity contribution < 1.29 is 9.53 Å². The molecule has 0 radical (unpaired) electrons. The number of ketones is 1. The van der Waals surface area contributed by atoms with Crippen molar-refractivity contribution in [3.8, 4) is 0 Å². The summed E-state index contributed by atoms with van der Waals surface area (Å²) in [5.74, 6) is 0.338. The van der Waals surface area contributed by atoms with Gasteiger partial charge in [-0.05, 0) is 12.8 Å². The first-order valence-corrected chi connectivity index (χ1v) is 7.13. The number of rotatable bonds is 8. The van der Waals surface area contributed by atoms with E-state index in [0.29, 0.717) is 25.2 Å². The molecule has 2 nitrogen and oxygen atoms in total. The van der Waals surface area contributed by atoms with Crippen molar-refractivity contribution in [2.24, 2.45) is 0 Å². The van der Waals surface area contributed by atoms with Gasteiger partial charge in [0, 0.05) is 12.8 Å². The highest BCUT2D eigenvalue weighted by atomic mass is 16.5. The van der Waals surface area contributed by atoms with E-state index in [9.17, 15) is 4.79 Å². The second-order valence-electron chi connectivity index (χ2n) is 4.89. The fourth-order valence-electron chi connectivity index (χ4n) is 2.12. The van der Waals surface area contributed by atoms with Crippen molar-refractivity contribution in [1.82, 2.24) is 0 Å². The Morgan fingerprint density at radius 1 is 1.24 bits per heavy atom. The predicted molar refractivity (Wildman–Crippen MR) is 71.1 cm³/mol. The number of allylic oxidation sites excluding steroid dienone is 1. The molecule has 1 heterocycles. The largest absolute Gasteiger partial charge is 0.373 e. The zero-order valence-electron chi connectivity index (χ0n) is 11.1. The van der Waals surface area contributed by atoms with Crippen LogP contribution in [0.2, 0.25) is 0 Å². The molecule has 0 bridgehead atoms. The van der Waals surface area contributed by atoms with Crippen LogP contribution >= 0.6 is 0 Å². The maximum absolute atomic E-state index is 11.2. The molecule has 1 rings (SSSR count). The molecule has 0 aliphatic carbocycles. The molecule has 0 amide bonds. The Morgan fingerprint density at radius 2 is 2.00 bits per heavy atom. The smallest absolute Gasteiger partial charge is 0.138 e. The number of hydrogen-bond acceptors (Lipinski definition) is 2. The van der Waals surface area contributed by atoms with E-state index in [0.717, 1.165) is 6.42 Å². The van der Waals surface area contributed by atoms with Crippen LogP contribution in [0.25, 0.3) is 0 Å². The molecule has 1 aliphatic rings. The van der Waals surface area contributed by atoms with Gasteiger partial charge in [0.25, 0.3) is 0 Å². The third kappa shape index (κ3) is 7.32. The predicted octanol–water partition coefficient (Wildman–Crippen LogP) is 4.04. The molecule has 0 aromatic carbocycles. The van der Waals surface area contributed by atoms with Crippen LogP contribution in [0.15, 0.2) is 12.2 Å². The SMILES string of the molecule is CCCCCCCC/C=C/C1CC(=O)CCO1. The summed E-state index contributed by atoms with van der Waals surface area (Å²) in [5.41, 5.74) is 0. The van der Waals surface area contributed by atoms with Gasteiger partial charge in [0.2, 0.25) is 0 Å². The molecule has 1 unspecified atom stereocenters. The van der Waals surface area contributed by atoms with Crippen molar-refractivity contribution in [3.05, 3.63) is 12.2 Å². The normalized spacial score (nSPS) is 21.2. The van der Waals surface area contributed by atoms with Crippen molar-refractivity contribution >= 4 is 5.78 Å². The second-order valence-corrected chi connectivity index (χ2v) is 4.89. The summed E-state index contributed by atoms with van der Waals surface area (Å²) < 4.78 is 5.50. The molecule has 0 spiro atoms. The van der Waals surface area contributed by atoms with Gasteiger partial charge in [-0.2, -0.15) is 0 Å². The zero-order valence-corrected chi connectivity index (χ0v) is 11.1. The lowest BCUT2D eigenvalue weighted by atomic mass is 10.1. The molecule has 1 saturated heterocycles. The van der Waals surface area contributed by atoms with Gasteiger partial charge >= 0.3 is 0 Å². The summed E-state index contributed by atoms with van der Waals surface area (Å²) in [6.45, 7) is 2.85. The van der Waals surface area contributed by atoms with Crippen molar-refractivity contribution in [1.29, 1.82) is 0 Å². The first kappa shape index (κ1) is 14.4. The third-order valence-corrected chi connectivity index (χ3v) is 3.22. The molecule has 2 heteroatoms. The first-order valence-electron chi connectivity index (χ1n) is 7.13. The number of unbranched alkanes of at least 4 members (excludes halogenated alkanes) is 6. The third-order valence-electron chi connectivity index (χ3n) is 3.22. The summed E-state index contributed by atoms with van der Waals surface area (Å²) in [4.78, 5) is 11.2. The van der Waals surface area contributed by atoms with Gasteiger partial charge in [0.05, 0.1) is 12.7 Å². The van der Waals surface area contributed by atoms with E-state index in [4.69, 9.17) is 4.74 Å². The van der Waals surface area contributed by atoms with Crippen molar-refractivity contribution in [2.45, 2.75) is 70.8 Å². The maximum Gasteiger partial charge on any atom is 0.138 e. The number of Topliss-reactive ketones (excluding diaryl/α,β-unsaturated/α-hetero) is 1. The minimum Gasteiger partial charge on any atom is -0.373 e. The van der Waals surface area contributed by atoms with E-state index >= 15 is 0 Å². The fourth-order valence-corrected chi connectivity index (χ4v) is 2.12. The van der Waals surface area contributed by atoms with E-state index in [1.54, 1.807) is 0 Å². The topological polar surface area (TPSA) is 26.3 Å². The molecule has 0 saturated carbocycles. The molecule has 1 aliphatic heterocycles. The Balaban J connectivity index is 1.96. The van der Waals surface area contributed by atoms with Gasteiger partial charge < -0.3 is 4.74 Å². The van der Waals surface area contributed by atoms with E-state index in [-0.39, 0.29) is 6.10 Å². The average Bonchev–Trinajstić information content (AvgIpc) is 2.33. The standard InChI is InChI=1S/C15H26O2/c1-2-3-4-5-6-7-8-9-10-15-13-14(16)11-12-17-15/h9-10,15H,2-8,11-13H2,1H3/b10-9+. The average molecular weight is 238 g/mol. The summed E-state index contributed by atoms with van der Waals surface area (Å²) >= 11 is 0. The maximum atomic E-state index is 11.2. The quantitative estimate of drug-likeness (QED) is 0.471. The van der Waals surface area contributed by atoms with E-state index in [2.05, 4.69) is 19.1 Å². The van der Waals surface area contributed by atoms with Gasteiger partial charge in [-0.1, -0.05) is 51.2 Å². The highest BCUT2D eigenvalue weighted by Gasteiger charge is 2.16. The van der Waals surface area contributed by atoms with Gasteiger partial charge in [0.15, 0.2) is 0 Å². The Bertz CT molecular complexity index is 233. The molecule has 17 heavy (non-hydrogen) atoms. The van der Waals surface area contributed by atoms with Crippen LogP contribution in [0, 0.1) is 0 Å². The van der Waals surface area contributed by atoms with Crippen molar-refractivity contribution in [3.63, 3.8) is 0 Å². The number of ether oxygens (including phenoxy) is 1. The van der Waals surface area contributed by atoms with Crippen LogP contribution in [0.1, 0.15) is 64.7 Å². The van der Waals surface area contributed by atoms with Gasteiger partial charge in [-0.3, -0.25) is 4.79 Å². The molecule has 0 aromatic rings. The van der Waals surface area contributed by atoms with Crippen LogP contribution in [-0.2, 0) is 9.53 Å². The number of carbonyl (C=O) groups is 1. The number of carbonyl (C=O) groups excluding carboxylic acids is 1. The van der Waals surface area contributed by atoms with Gasteiger partial charge in [-0.25, -0.2) is 0 Å². The molecule has 0 aromatic heterocycles. The minimum atomic E-state index is 0.0522. The van der Waals surface area contributed by atoms with E-state index < -0.39 is 0 Å². The molecular weight excluding hydrogens is 212 g/mol. The summed E-state index contributed by atoms with van der Waals surface area (Å²) in [6, 6.07) is 0. The summed E-state index contributed by atoms with van der Waals surface area (Å²) in [5, 5.41) is 0. The van der Waals surface area contributed by atoms with E-state index in [1.165, 1.54) is 38.5 Å². The first-order chi connectivity index (χ1) is 8.33. The molecule has 98 valence electrons. The summed E-state index contributed by atoms with van der Waals surface area (Å²) in [6.07, 6.45) is 14.6. The van der Waals surface area contributed by atoms with Crippen LogP contribution in [0.4, 0.5) is 0 Å². The van der Waals surface area contributed by atoms with Crippen LogP contribution in [0.5, 0.6) is 0 Å². The zero-order chi connectivity index (χ0) is 12.3. The Labute approximate surface area is 105 Å². The van der Waals surface area contributed by atoms with Crippen LogP contribution in [-0.4, -0.2) is 18.5 Å². The van der Waals surface area contributed by atoms with Crippen LogP contribution in [0.3, 0.4) is 0 Å². The Morgan fingerprint density at radius 3 is 2.76 bits per heavy atom. The van der Waals surface area contributed by atoms with Gasteiger partial charge in [-0.15, -0.1) is 0 Å². The lowest BCUT2D eigenvalue weighted by molar-refractivity contribution is -0.126. The highest BCUT2D eigenvalue weighted by molar-refractivity contribution is 5.79. The van der Waals surface area contributed by atoms with Gasteiger partial charge in [0.1, 0.15) is 5.78 Å². The van der Waals surface area contributed by atoms with E-state index in [1.807, 2.05) is 0 Å². The minimum absolute atomic E-state index is 0.0522. The molecule has 0 N–H and O–H groups in total.